The Morgan fingerprint density at radius 2 is 2.41 bits per heavy atom. The highest BCUT2D eigenvalue weighted by molar-refractivity contribution is 9.10. The number of carbonyl (C=O) groups is 1. The predicted octanol–water partition coefficient (Wildman–Crippen LogP) is 2.55. The van der Waals surface area contributed by atoms with Crippen molar-refractivity contribution >= 4 is 44.9 Å². The number of thiophene rings is 1. The second-order valence-corrected chi connectivity index (χ2v) is 6.71. The van der Waals surface area contributed by atoms with Gasteiger partial charge in [-0.1, -0.05) is 0 Å². The van der Waals surface area contributed by atoms with Crippen molar-refractivity contribution in [2.75, 3.05) is 19.1 Å². The van der Waals surface area contributed by atoms with Crippen molar-refractivity contribution in [3.63, 3.8) is 0 Å². The summed E-state index contributed by atoms with van der Waals surface area (Å²) in [5.74, 6) is 0.939. The molecular formula is C11H17BrN2OS2. The van der Waals surface area contributed by atoms with Crippen LogP contribution in [0, 0.1) is 0 Å². The number of thioether (sulfide) groups is 1. The van der Waals surface area contributed by atoms with E-state index in [1.807, 2.05) is 17.7 Å². The number of rotatable bonds is 6. The third kappa shape index (κ3) is 4.99. The molecule has 0 spiro atoms. The predicted molar refractivity (Wildman–Crippen MR) is 79.5 cm³/mol. The first kappa shape index (κ1) is 15.0. The van der Waals surface area contributed by atoms with Crippen LogP contribution >= 0.6 is 39.0 Å². The monoisotopic (exact) mass is 336 g/mol. The second kappa shape index (κ2) is 7.41. The van der Waals surface area contributed by atoms with Crippen molar-refractivity contribution in [2.45, 2.75) is 19.0 Å². The summed E-state index contributed by atoms with van der Waals surface area (Å²) in [6.45, 7) is 0.627. The Labute approximate surface area is 119 Å². The highest BCUT2D eigenvalue weighted by atomic mass is 79.9. The maximum absolute atomic E-state index is 11.9. The molecule has 2 N–H and O–H groups in total. The molecule has 96 valence electrons. The van der Waals surface area contributed by atoms with E-state index in [1.165, 1.54) is 0 Å². The van der Waals surface area contributed by atoms with Crippen molar-refractivity contribution < 1.29 is 4.79 Å². The Morgan fingerprint density at radius 3 is 2.94 bits per heavy atom. The van der Waals surface area contributed by atoms with Gasteiger partial charge in [-0.15, -0.1) is 11.3 Å². The third-order valence-electron chi connectivity index (χ3n) is 2.34. The summed E-state index contributed by atoms with van der Waals surface area (Å²) in [5, 5.41) is 2.02. The molecule has 1 aromatic heterocycles. The number of hydrogen-bond acceptors (Lipinski definition) is 4. The van der Waals surface area contributed by atoms with E-state index in [1.54, 1.807) is 35.0 Å². The molecule has 1 atom stereocenters. The van der Waals surface area contributed by atoms with Crippen molar-refractivity contribution in [1.82, 2.24) is 4.90 Å². The van der Waals surface area contributed by atoms with Gasteiger partial charge in [0.2, 0.25) is 5.91 Å². The van der Waals surface area contributed by atoms with Crippen LogP contribution < -0.4 is 5.73 Å². The molecule has 0 saturated carbocycles. The summed E-state index contributed by atoms with van der Waals surface area (Å²) >= 11 is 6.75. The lowest BCUT2D eigenvalue weighted by atomic mass is 10.2. The molecule has 1 rings (SSSR count). The van der Waals surface area contributed by atoms with Gasteiger partial charge in [0.25, 0.3) is 0 Å². The summed E-state index contributed by atoms with van der Waals surface area (Å²) in [6, 6.07) is 1.65. The van der Waals surface area contributed by atoms with Crippen LogP contribution in [0.25, 0.3) is 0 Å². The van der Waals surface area contributed by atoms with E-state index in [0.717, 1.165) is 21.5 Å². The van der Waals surface area contributed by atoms with E-state index in [9.17, 15) is 4.79 Å². The molecule has 0 aromatic carbocycles. The standard InChI is InChI=1S/C11H17BrN2OS2/c1-14(6-9-5-8(12)7-17-9)11(15)10(13)3-4-16-2/h5,7,10H,3-4,6,13H2,1-2H3/t10-/m1/s1. The van der Waals surface area contributed by atoms with E-state index >= 15 is 0 Å². The number of amides is 1. The van der Waals surface area contributed by atoms with Crippen molar-refractivity contribution in [1.29, 1.82) is 0 Å². The largest absolute Gasteiger partial charge is 0.339 e. The van der Waals surface area contributed by atoms with Gasteiger partial charge in [-0.25, -0.2) is 0 Å². The normalized spacial score (nSPS) is 12.5. The Bertz CT molecular complexity index is 370. The Balaban J connectivity index is 2.46. The van der Waals surface area contributed by atoms with E-state index in [2.05, 4.69) is 15.9 Å². The van der Waals surface area contributed by atoms with Gasteiger partial charge in [-0.3, -0.25) is 4.79 Å². The fourth-order valence-corrected chi connectivity index (χ4v) is 3.39. The molecule has 1 heterocycles. The summed E-state index contributed by atoms with van der Waals surface area (Å²) in [6.07, 6.45) is 2.75. The van der Waals surface area contributed by atoms with E-state index in [0.29, 0.717) is 6.54 Å². The molecule has 0 aliphatic carbocycles. The number of nitrogens with two attached hydrogens (primary N) is 1. The lowest BCUT2D eigenvalue weighted by Crippen LogP contribution is -2.41. The summed E-state index contributed by atoms with van der Waals surface area (Å²) in [4.78, 5) is 14.8. The third-order valence-corrected chi connectivity index (χ3v) is 4.67. The van der Waals surface area contributed by atoms with Gasteiger partial charge in [-0.05, 0) is 40.4 Å². The quantitative estimate of drug-likeness (QED) is 0.868. The molecule has 0 unspecified atom stereocenters. The molecule has 6 heteroatoms. The summed E-state index contributed by atoms with van der Waals surface area (Å²) in [5.41, 5.74) is 5.85. The summed E-state index contributed by atoms with van der Waals surface area (Å²) in [7, 11) is 1.80. The van der Waals surface area contributed by atoms with Crippen LogP contribution in [-0.2, 0) is 11.3 Å². The minimum Gasteiger partial charge on any atom is -0.339 e. The number of halogens is 1. The van der Waals surface area contributed by atoms with E-state index in [4.69, 9.17) is 5.73 Å². The van der Waals surface area contributed by atoms with Crippen LogP contribution in [0.15, 0.2) is 15.9 Å². The molecule has 1 aromatic rings. The first-order chi connectivity index (χ1) is 8.04. The molecule has 1 amide bonds. The minimum absolute atomic E-state index is 0.0172. The van der Waals surface area contributed by atoms with Gasteiger partial charge in [0.1, 0.15) is 0 Å². The fourth-order valence-electron chi connectivity index (χ4n) is 1.40. The highest BCUT2D eigenvalue weighted by Crippen LogP contribution is 2.21. The first-order valence-corrected chi connectivity index (χ1v) is 8.33. The first-order valence-electron chi connectivity index (χ1n) is 5.27. The lowest BCUT2D eigenvalue weighted by Gasteiger charge is -2.20. The smallest absolute Gasteiger partial charge is 0.239 e. The van der Waals surface area contributed by atoms with Gasteiger partial charge < -0.3 is 10.6 Å². The van der Waals surface area contributed by atoms with Crippen molar-refractivity contribution in [3.05, 3.63) is 20.8 Å². The molecule has 0 fully saturated rings. The zero-order valence-corrected chi connectivity index (χ0v) is 13.2. The minimum atomic E-state index is -0.379. The maximum atomic E-state index is 11.9. The van der Waals surface area contributed by atoms with Crippen LogP contribution in [-0.4, -0.2) is 35.9 Å². The van der Waals surface area contributed by atoms with Crippen LogP contribution in [0.4, 0.5) is 0 Å². The molecule has 3 nitrogen and oxygen atoms in total. The van der Waals surface area contributed by atoms with Gasteiger partial charge in [0.05, 0.1) is 12.6 Å². The van der Waals surface area contributed by atoms with Gasteiger partial charge in [-0.2, -0.15) is 11.8 Å². The van der Waals surface area contributed by atoms with E-state index < -0.39 is 0 Å². The molecule has 0 radical (unpaired) electrons. The van der Waals surface area contributed by atoms with Crippen LogP contribution in [0.5, 0.6) is 0 Å². The Hall–Kier alpha value is -0.0400. The molecule has 17 heavy (non-hydrogen) atoms. The van der Waals surface area contributed by atoms with Gasteiger partial charge in [0, 0.05) is 21.8 Å². The molecule has 0 saturated heterocycles. The average Bonchev–Trinajstić information content (AvgIpc) is 2.70. The van der Waals surface area contributed by atoms with Crippen molar-refractivity contribution in [2.24, 2.45) is 5.73 Å². The molecule has 0 aliphatic rings. The lowest BCUT2D eigenvalue weighted by molar-refractivity contribution is -0.131. The SMILES string of the molecule is CSCC[C@@H](N)C(=O)N(C)Cc1cc(Br)cs1. The van der Waals surface area contributed by atoms with Crippen LogP contribution in [0.2, 0.25) is 0 Å². The fraction of sp³-hybridized carbons (Fsp3) is 0.545. The molecular weight excluding hydrogens is 320 g/mol. The van der Waals surface area contributed by atoms with E-state index in [-0.39, 0.29) is 11.9 Å². The molecule has 0 aliphatic heterocycles. The topological polar surface area (TPSA) is 46.3 Å². The summed E-state index contributed by atoms with van der Waals surface area (Å²) < 4.78 is 1.06. The zero-order chi connectivity index (χ0) is 12.8. The maximum Gasteiger partial charge on any atom is 0.239 e. The van der Waals surface area contributed by atoms with Gasteiger partial charge >= 0.3 is 0 Å². The Morgan fingerprint density at radius 1 is 1.71 bits per heavy atom. The zero-order valence-electron chi connectivity index (χ0n) is 9.98. The second-order valence-electron chi connectivity index (χ2n) is 3.81. The number of nitrogens with zero attached hydrogens (tertiary/aromatic N) is 1. The van der Waals surface area contributed by atoms with Gasteiger partial charge in [0.15, 0.2) is 0 Å². The van der Waals surface area contributed by atoms with Crippen LogP contribution in [0.1, 0.15) is 11.3 Å². The average molecular weight is 337 g/mol. The molecule has 0 bridgehead atoms. The number of carbonyl (C=O) groups excluding carboxylic acids is 1. The number of likely N-dealkylation sites (N-methyl/N-ethyl adjacent to an activating group) is 1. The Kier molecular flexibility index (Phi) is 6.54. The van der Waals surface area contributed by atoms with Crippen LogP contribution in [0.3, 0.4) is 0 Å². The highest BCUT2D eigenvalue weighted by Gasteiger charge is 2.18. The number of hydrogen-bond donors (Lipinski definition) is 1. The van der Waals surface area contributed by atoms with Crippen molar-refractivity contribution in [3.8, 4) is 0 Å².